The number of ether oxygens (including phenoxy) is 2. The molecule has 0 unspecified atom stereocenters. The van der Waals surface area contributed by atoms with E-state index in [1.807, 2.05) is 40.7 Å². The molecule has 1 atom stereocenters. The van der Waals surface area contributed by atoms with Crippen LogP contribution in [0.3, 0.4) is 0 Å². The maximum Gasteiger partial charge on any atom is 0.137 e. The molecule has 20 heavy (non-hydrogen) atoms. The molecular formula is C15H17NO3S. The number of fused-ring (bicyclic) bond motifs is 1. The normalized spacial score (nSPS) is 18.1. The number of morpholine rings is 1. The standard InChI is InChI=1S/C15H17NO3S/c1-18-14-7-6-12-4-2-3-5-13(12)15(14)20(17)16-8-10-19-11-9-16/h2-7H,8-11H2,1H3/t20-/m0/s1. The average molecular weight is 291 g/mol. The Morgan fingerprint density at radius 1 is 1.15 bits per heavy atom. The summed E-state index contributed by atoms with van der Waals surface area (Å²) in [5.41, 5.74) is 0. The Labute approximate surface area is 120 Å². The topological polar surface area (TPSA) is 38.8 Å². The molecule has 0 radical (unpaired) electrons. The molecule has 0 spiro atoms. The molecule has 2 aromatic rings. The zero-order chi connectivity index (χ0) is 13.9. The van der Waals surface area contributed by atoms with Crippen LogP contribution in [0.4, 0.5) is 0 Å². The van der Waals surface area contributed by atoms with Gasteiger partial charge >= 0.3 is 0 Å². The molecule has 0 aliphatic carbocycles. The van der Waals surface area contributed by atoms with Crippen LogP contribution in [-0.2, 0) is 15.7 Å². The van der Waals surface area contributed by atoms with E-state index in [1.165, 1.54) is 0 Å². The summed E-state index contributed by atoms with van der Waals surface area (Å²) in [7, 11) is 0.388. The molecule has 1 fully saturated rings. The van der Waals surface area contributed by atoms with Gasteiger partial charge in [0.15, 0.2) is 0 Å². The summed E-state index contributed by atoms with van der Waals surface area (Å²) < 4.78 is 25.6. The van der Waals surface area contributed by atoms with Crippen LogP contribution in [0.5, 0.6) is 5.75 Å². The third kappa shape index (κ3) is 2.44. The highest BCUT2D eigenvalue weighted by atomic mass is 32.2. The highest BCUT2D eigenvalue weighted by Crippen LogP contribution is 2.32. The first-order chi connectivity index (χ1) is 9.81. The lowest BCUT2D eigenvalue weighted by molar-refractivity contribution is 0.0752. The summed E-state index contributed by atoms with van der Waals surface area (Å²) >= 11 is 0. The van der Waals surface area contributed by atoms with Crippen molar-refractivity contribution < 1.29 is 13.7 Å². The summed E-state index contributed by atoms with van der Waals surface area (Å²) in [6.07, 6.45) is 0. The Morgan fingerprint density at radius 3 is 2.65 bits per heavy atom. The predicted molar refractivity (Wildman–Crippen MR) is 79.3 cm³/mol. The van der Waals surface area contributed by atoms with Crippen LogP contribution in [0.15, 0.2) is 41.3 Å². The predicted octanol–water partition coefficient (Wildman–Crippen LogP) is 2.20. The highest BCUT2D eigenvalue weighted by Gasteiger charge is 2.23. The number of hydrogen-bond acceptors (Lipinski definition) is 3. The first kappa shape index (κ1) is 13.5. The minimum absolute atomic E-state index is 0.624. The first-order valence-electron chi connectivity index (χ1n) is 6.61. The molecular weight excluding hydrogens is 274 g/mol. The van der Waals surface area contributed by atoms with Gasteiger partial charge in [-0.25, -0.2) is 8.51 Å². The van der Waals surface area contributed by atoms with Crippen molar-refractivity contribution in [3.63, 3.8) is 0 Å². The van der Waals surface area contributed by atoms with Gasteiger partial charge in [-0.05, 0) is 11.5 Å². The van der Waals surface area contributed by atoms with Crippen molar-refractivity contribution in [1.29, 1.82) is 0 Å². The SMILES string of the molecule is COc1ccc2ccccc2c1[S@](=O)N1CCOCC1. The van der Waals surface area contributed by atoms with E-state index < -0.39 is 11.0 Å². The molecule has 106 valence electrons. The van der Waals surface area contributed by atoms with E-state index in [4.69, 9.17) is 9.47 Å². The van der Waals surface area contributed by atoms with E-state index in [0.29, 0.717) is 32.1 Å². The van der Waals surface area contributed by atoms with E-state index in [0.717, 1.165) is 15.7 Å². The maximum atomic E-state index is 12.9. The largest absolute Gasteiger partial charge is 0.495 e. The smallest absolute Gasteiger partial charge is 0.137 e. The lowest BCUT2D eigenvalue weighted by atomic mass is 10.1. The molecule has 0 saturated carbocycles. The third-order valence-corrected chi connectivity index (χ3v) is 5.05. The van der Waals surface area contributed by atoms with Crippen LogP contribution in [0.1, 0.15) is 0 Å². The summed E-state index contributed by atoms with van der Waals surface area (Å²) in [6.45, 7) is 2.61. The van der Waals surface area contributed by atoms with E-state index in [2.05, 4.69) is 0 Å². The number of methoxy groups -OCH3 is 1. The Morgan fingerprint density at radius 2 is 1.90 bits per heavy atom. The molecule has 0 amide bonds. The second-order valence-corrected chi connectivity index (χ2v) is 6.03. The Bertz CT molecular complexity index is 638. The van der Waals surface area contributed by atoms with E-state index in [-0.39, 0.29) is 0 Å². The van der Waals surface area contributed by atoms with Gasteiger partial charge in [0, 0.05) is 18.5 Å². The van der Waals surface area contributed by atoms with Crippen LogP contribution in [0.25, 0.3) is 10.8 Å². The molecule has 0 aromatic heterocycles. The minimum atomic E-state index is -1.23. The van der Waals surface area contributed by atoms with Crippen molar-refractivity contribution in [3.05, 3.63) is 36.4 Å². The van der Waals surface area contributed by atoms with Crippen molar-refractivity contribution in [2.45, 2.75) is 4.90 Å². The quantitative estimate of drug-likeness (QED) is 0.870. The molecule has 1 aliphatic heterocycles. The zero-order valence-electron chi connectivity index (χ0n) is 11.4. The molecule has 1 aliphatic rings. The zero-order valence-corrected chi connectivity index (χ0v) is 12.2. The molecule has 1 heterocycles. The number of benzene rings is 2. The van der Waals surface area contributed by atoms with Crippen LogP contribution in [0, 0.1) is 0 Å². The molecule has 3 rings (SSSR count). The van der Waals surface area contributed by atoms with Crippen LogP contribution >= 0.6 is 0 Å². The fraction of sp³-hybridized carbons (Fsp3) is 0.333. The van der Waals surface area contributed by atoms with Crippen molar-refractivity contribution in [1.82, 2.24) is 4.31 Å². The highest BCUT2D eigenvalue weighted by molar-refractivity contribution is 7.83. The lowest BCUT2D eigenvalue weighted by Crippen LogP contribution is -2.37. The summed E-state index contributed by atoms with van der Waals surface area (Å²) in [5.74, 6) is 0.675. The van der Waals surface area contributed by atoms with Crippen molar-refractivity contribution in [2.24, 2.45) is 0 Å². The Balaban J connectivity index is 2.10. The van der Waals surface area contributed by atoms with Gasteiger partial charge in [-0.1, -0.05) is 30.3 Å². The van der Waals surface area contributed by atoms with Crippen molar-refractivity contribution >= 4 is 21.8 Å². The van der Waals surface area contributed by atoms with E-state index in [9.17, 15) is 4.21 Å². The Kier molecular flexibility index (Phi) is 4.00. The van der Waals surface area contributed by atoms with Gasteiger partial charge < -0.3 is 9.47 Å². The number of rotatable bonds is 3. The summed E-state index contributed by atoms with van der Waals surface area (Å²) in [5, 5.41) is 2.06. The van der Waals surface area contributed by atoms with Gasteiger partial charge in [0.05, 0.1) is 20.3 Å². The van der Waals surface area contributed by atoms with Gasteiger partial charge in [-0.2, -0.15) is 0 Å². The van der Waals surface area contributed by atoms with E-state index in [1.54, 1.807) is 7.11 Å². The van der Waals surface area contributed by atoms with Crippen molar-refractivity contribution in [2.75, 3.05) is 33.4 Å². The van der Waals surface area contributed by atoms with E-state index >= 15 is 0 Å². The first-order valence-corrected chi connectivity index (χ1v) is 7.72. The van der Waals surface area contributed by atoms with Crippen LogP contribution in [-0.4, -0.2) is 41.9 Å². The molecule has 4 nitrogen and oxygen atoms in total. The van der Waals surface area contributed by atoms with Crippen LogP contribution < -0.4 is 4.74 Å². The minimum Gasteiger partial charge on any atom is -0.495 e. The van der Waals surface area contributed by atoms with Crippen LogP contribution in [0.2, 0.25) is 0 Å². The average Bonchev–Trinajstić information content (AvgIpc) is 2.54. The van der Waals surface area contributed by atoms with Gasteiger partial charge in [-0.15, -0.1) is 0 Å². The maximum absolute atomic E-state index is 12.9. The van der Waals surface area contributed by atoms with Crippen molar-refractivity contribution in [3.8, 4) is 5.75 Å². The Hall–Kier alpha value is -1.43. The molecule has 2 aromatic carbocycles. The summed E-state index contributed by atoms with van der Waals surface area (Å²) in [4.78, 5) is 0.757. The fourth-order valence-corrected chi connectivity index (χ4v) is 3.84. The molecule has 5 heteroatoms. The summed E-state index contributed by atoms with van der Waals surface area (Å²) in [6, 6.07) is 11.8. The van der Waals surface area contributed by atoms with Gasteiger partial charge in [0.25, 0.3) is 0 Å². The molecule has 0 N–H and O–H groups in total. The fourth-order valence-electron chi connectivity index (χ4n) is 2.41. The lowest BCUT2D eigenvalue weighted by Gasteiger charge is -2.26. The number of nitrogens with zero attached hydrogens (tertiary/aromatic N) is 1. The molecule has 1 saturated heterocycles. The van der Waals surface area contributed by atoms with Gasteiger partial charge in [-0.3, -0.25) is 0 Å². The van der Waals surface area contributed by atoms with Gasteiger partial charge in [0.1, 0.15) is 21.6 Å². The van der Waals surface area contributed by atoms with Gasteiger partial charge in [0.2, 0.25) is 0 Å². The monoisotopic (exact) mass is 291 g/mol. The second kappa shape index (κ2) is 5.91. The number of hydrogen-bond donors (Lipinski definition) is 0. The molecule has 0 bridgehead atoms. The third-order valence-electron chi connectivity index (χ3n) is 3.44. The second-order valence-electron chi connectivity index (χ2n) is 4.61.